The summed E-state index contributed by atoms with van der Waals surface area (Å²) in [6.07, 6.45) is 0.769. The van der Waals surface area contributed by atoms with Gasteiger partial charge < -0.3 is 5.73 Å². The lowest BCUT2D eigenvalue weighted by molar-refractivity contribution is 0.711. The largest absolute Gasteiger partial charge is 0.324 e. The maximum Gasteiger partial charge on any atom is 0.0438 e. The van der Waals surface area contributed by atoms with Crippen LogP contribution in [0.1, 0.15) is 28.3 Å². The molecule has 0 aliphatic rings. The smallest absolute Gasteiger partial charge is 0.0438 e. The molecule has 94 valence electrons. The highest BCUT2D eigenvalue weighted by Gasteiger charge is 2.13. The molecule has 1 unspecified atom stereocenters. The monoisotopic (exact) mass is 259 g/mol. The predicted octanol–water partition coefficient (Wildman–Crippen LogP) is 4.20. The number of hydrogen-bond acceptors (Lipinski definition) is 1. The number of aryl methyl sites for hydroxylation is 2. The van der Waals surface area contributed by atoms with Crippen molar-refractivity contribution < 1.29 is 0 Å². The third kappa shape index (κ3) is 2.74. The Morgan fingerprint density at radius 2 is 1.61 bits per heavy atom. The topological polar surface area (TPSA) is 26.0 Å². The lowest BCUT2D eigenvalue weighted by atomic mass is 9.92. The van der Waals surface area contributed by atoms with Gasteiger partial charge >= 0.3 is 0 Å². The molecule has 0 bridgehead atoms. The van der Waals surface area contributed by atoms with Crippen molar-refractivity contribution in [2.75, 3.05) is 0 Å². The van der Waals surface area contributed by atoms with E-state index in [1.165, 1.54) is 16.7 Å². The minimum Gasteiger partial charge on any atom is -0.324 e. The molecule has 2 rings (SSSR count). The summed E-state index contributed by atoms with van der Waals surface area (Å²) in [6, 6.07) is 14.2. The van der Waals surface area contributed by atoms with Gasteiger partial charge in [-0.05, 0) is 48.6 Å². The van der Waals surface area contributed by atoms with E-state index in [4.69, 9.17) is 17.3 Å². The number of rotatable bonds is 3. The van der Waals surface area contributed by atoms with Crippen LogP contribution in [0.2, 0.25) is 5.02 Å². The summed E-state index contributed by atoms with van der Waals surface area (Å²) >= 11 is 6.18. The molecule has 2 aromatic carbocycles. The van der Waals surface area contributed by atoms with E-state index >= 15 is 0 Å². The molecule has 0 saturated heterocycles. The Labute approximate surface area is 114 Å². The van der Waals surface area contributed by atoms with E-state index in [1.807, 2.05) is 24.3 Å². The van der Waals surface area contributed by atoms with Gasteiger partial charge in [0.2, 0.25) is 0 Å². The molecule has 1 nitrogen and oxygen atoms in total. The fourth-order valence-electron chi connectivity index (χ4n) is 2.42. The molecule has 0 heterocycles. The van der Waals surface area contributed by atoms with Gasteiger partial charge in [0.1, 0.15) is 0 Å². The van der Waals surface area contributed by atoms with Gasteiger partial charge in [0.25, 0.3) is 0 Å². The van der Waals surface area contributed by atoms with E-state index in [0.717, 1.165) is 17.0 Å². The Balaban J connectivity index is 2.28. The third-order valence-corrected chi connectivity index (χ3v) is 3.68. The Bertz CT molecular complexity index is 528. The molecule has 2 aromatic rings. The van der Waals surface area contributed by atoms with Crippen molar-refractivity contribution in [3.05, 3.63) is 69.7 Å². The van der Waals surface area contributed by atoms with E-state index in [-0.39, 0.29) is 6.04 Å². The molecule has 0 aliphatic heterocycles. The maximum atomic E-state index is 6.34. The van der Waals surface area contributed by atoms with Crippen molar-refractivity contribution in [2.24, 2.45) is 5.73 Å². The van der Waals surface area contributed by atoms with Gasteiger partial charge in [-0.25, -0.2) is 0 Å². The van der Waals surface area contributed by atoms with Gasteiger partial charge in [0.15, 0.2) is 0 Å². The highest BCUT2D eigenvalue weighted by atomic mass is 35.5. The number of benzene rings is 2. The molecule has 0 amide bonds. The second-order valence-electron chi connectivity index (χ2n) is 4.71. The molecule has 0 aromatic heterocycles. The van der Waals surface area contributed by atoms with Crippen LogP contribution in [-0.2, 0) is 6.42 Å². The average molecular weight is 260 g/mol. The molecule has 0 spiro atoms. The van der Waals surface area contributed by atoms with Crippen molar-refractivity contribution >= 4 is 11.6 Å². The third-order valence-electron chi connectivity index (χ3n) is 3.31. The van der Waals surface area contributed by atoms with Crippen LogP contribution >= 0.6 is 11.6 Å². The van der Waals surface area contributed by atoms with E-state index in [0.29, 0.717) is 0 Å². The first-order chi connectivity index (χ1) is 8.59. The second-order valence-corrected chi connectivity index (χ2v) is 5.11. The lowest BCUT2D eigenvalue weighted by Crippen LogP contribution is -2.16. The summed E-state index contributed by atoms with van der Waals surface area (Å²) in [4.78, 5) is 0. The normalized spacial score (nSPS) is 12.4. The van der Waals surface area contributed by atoms with Crippen molar-refractivity contribution in [1.82, 2.24) is 0 Å². The molecule has 0 fully saturated rings. The van der Waals surface area contributed by atoms with Crippen LogP contribution in [0.5, 0.6) is 0 Å². The highest BCUT2D eigenvalue weighted by molar-refractivity contribution is 6.31. The summed E-state index contributed by atoms with van der Waals surface area (Å²) in [5.74, 6) is 0. The molecule has 0 saturated carbocycles. The molecular weight excluding hydrogens is 242 g/mol. The minimum atomic E-state index is -0.00824. The van der Waals surface area contributed by atoms with Crippen molar-refractivity contribution in [3.8, 4) is 0 Å². The van der Waals surface area contributed by atoms with Crippen molar-refractivity contribution in [2.45, 2.75) is 26.3 Å². The maximum absolute atomic E-state index is 6.34. The fourth-order valence-corrected chi connectivity index (χ4v) is 2.63. The van der Waals surface area contributed by atoms with E-state index in [9.17, 15) is 0 Å². The summed E-state index contributed by atoms with van der Waals surface area (Å²) in [7, 11) is 0. The van der Waals surface area contributed by atoms with Crippen LogP contribution in [-0.4, -0.2) is 0 Å². The predicted molar refractivity (Wildman–Crippen MR) is 78.0 cm³/mol. The fraction of sp³-hybridized carbons (Fsp3) is 0.250. The van der Waals surface area contributed by atoms with Crippen LogP contribution in [0.3, 0.4) is 0 Å². The van der Waals surface area contributed by atoms with Crippen LogP contribution in [0.4, 0.5) is 0 Å². The molecule has 1 atom stereocenters. The zero-order chi connectivity index (χ0) is 13.1. The molecule has 0 aliphatic carbocycles. The number of hydrogen-bond donors (Lipinski definition) is 1. The second kappa shape index (κ2) is 5.55. The molecule has 18 heavy (non-hydrogen) atoms. The van der Waals surface area contributed by atoms with Gasteiger partial charge in [-0.1, -0.05) is 48.0 Å². The van der Waals surface area contributed by atoms with Crippen molar-refractivity contribution in [1.29, 1.82) is 0 Å². The molecule has 0 radical (unpaired) electrons. The quantitative estimate of drug-likeness (QED) is 0.878. The average Bonchev–Trinajstić information content (AvgIpc) is 2.32. The Morgan fingerprint density at radius 1 is 1.00 bits per heavy atom. The summed E-state index contributed by atoms with van der Waals surface area (Å²) in [5, 5.41) is 0.791. The van der Waals surface area contributed by atoms with Crippen LogP contribution in [0.15, 0.2) is 42.5 Å². The Hall–Kier alpha value is -1.31. The molecular formula is C16H18ClN. The van der Waals surface area contributed by atoms with Crippen LogP contribution in [0.25, 0.3) is 0 Å². The Kier molecular flexibility index (Phi) is 4.05. The molecule has 2 heteroatoms. The molecule has 2 N–H and O–H groups in total. The van der Waals surface area contributed by atoms with E-state index < -0.39 is 0 Å². The summed E-state index contributed by atoms with van der Waals surface area (Å²) in [5.41, 5.74) is 11.2. The van der Waals surface area contributed by atoms with Gasteiger partial charge in [0, 0.05) is 11.1 Å². The van der Waals surface area contributed by atoms with E-state index in [2.05, 4.69) is 32.0 Å². The first kappa shape index (κ1) is 13.1. The van der Waals surface area contributed by atoms with Crippen LogP contribution < -0.4 is 5.73 Å². The number of halogens is 1. The Morgan fingerprint density at radius 3 is 2.22 bits per heavy atom. The van der Waals surface area contributed by atoms with Gasteiger partial charge in [0.05, 0.1) is 0 Å². The first-order valence-corrected chi connectivity index (χ1v) is 6.52. The minimum absolute atomic E-state index is 0.00824. The number of nitrogens with two attached hydrogens (primary N) is 1. The van der Waals surface area contributed by atoms with Crippen LogP contribution in [0, 0.1) is 13.8 Å². The zero-order valence-electron chi connectivity index (χ0n) is 10.8. The lowest BCUT2D eigenvalue weighted by Gasteiger charge is -2.18. The SMILES string of the molecule is Cc1cccc(C)c1C(N)Cc1ccccc1Cl. The van der Waals surface area contributed by atoms with Gasteiger partial charge in [-0.3, -0.25) is 0 Å². The summed E-state index contributed by atoms with van der Waals surface area (Å²) < 4.78 is 0. The van der Waals surface area contributed by atoms with Crippen molar-refractivity contribution in [3.63, 3.8) is 0 Å². The summed E-state index contributed by atoms with van der Waals surface area (Å²) in [6.45, 7) is 4.21. The van der Waals surface area contributed by atoms with Gasteiger partial charge in [-0.15, -0.1) is 0 Å². The first-order valence-electron chi connectivity index (χ1n) is 6.14. The van der Waals surface area contributed by atoms with E-state index in [1.54, 1.807) is 0 Å². The zero-order valence-corrected chi connectivity index (χ0v) is 11.5. The standard InChI is InChI=1S/C16H18ClN/c1-11-6-5-7-12(2)16(11)15(18)10-13-8-3-4-9-14(13)17/h3-9,15H,10,18H2,1-2H3. The highest BCUT2D eigenvalue weighted by Crippen LogP contribution is 2.25. The van der Waals surface area contributed by atoms with Gasteiger partial charge in [-0.2, -0.15) is 0 Å².